The van der Waals surface area contributed by atoms with Crippen LogP contribution < -0.4 is 16.0 Å². The molecule has 1 saturated carbocycles. The number of esters is 1. The molecule has 20 unspecified atom stereocenters. The molecule has 4 saturated heterocycles. The summed E-state index contributed by atoms with van der Waals surface area (Å²) in [6, 6.07) is 42.3. The van der Waals surface area contributed by atoms with Crippen LogP contribution in [-0.4, -0.2) is 141 Å². The Morgan fingerprint density at radius 1 is 0.544 bits per heavy atom. The van der Waals surface area contributed by atoms with Crippen LogP contribution in [0.15, 0.2) is 164 Å². The lowest BCUT2D eigenvalue weighted by atomic mass is 9.82. The third-order valence-corrected chi connectivity index (χ3v) is 17.4. The maximum absolute atomic E-state index is 14.2. The van der Waals surface area contributed by atoms with Gasteiger partial charge < -0.3 is 82.6 Å². The highest BCUT2D eigenvalue weighted by Gasteiger charge is 2.57. The SMILES string of the molecule is C=CCOC1C(OC2C(O)C(NC(=O)OCc3ccccc3)CC(NC(=O)OCc3ccccc3)C2OC2OC3COC(c4ccccc4)OC3C(C)C2C)OC(CC)C1OC1OC(CC)C(C)C(OC(=O)c2ccccc2)C1NC(=O)OCc1ccccc1. The summed E-state index contributed by atoms with van der Waals surface area (Å²) in [5, 5.41) is 21.7. The number of ether oxygens (including phenoxy) is 13. The number of hydrogen-bond acceptors (Lipinski definition) is 18. The fourth-order valence-electron chi connectivity index (χ4n) is 12.3. The van der Waals surface area contributed by atoms with Gasteiger partial charge in [-0.25, -0.2) is 19.2 Å². The number of carbonyl (C=O) groups excluding carboxylic acids is 4. The Balaban J connectivity index is 0.971. The molecule has 5 fully saturated rings. The molecule has 3 amide bonds. The number of carbonyl (C=O) groups is 4. The zero-order chi connectivity index (χ0) is 63.1. The molecule has 5 aromatic carbocycles. The first-order valence-electron chi connectivity index (χ1n) is 31.1. The first kappa shape index (κ1) is 65.7. The Hall–Kier alpha value is -7.28. The molecule has 5 aromatic rings. The lowest BCUT2D eigenvalue weighted by molar-refractivity contribution is -0.358. The van der Waals surface area contributed by atoms with Crippen molar-refractivity contribution in [1.29, 1.82) is 0 Å². The van der Waals surface area contributed by atoms with E-state index in [0.29, 0.717) is 18.4 Å². The van der Waals surface area contributed by atoms with Gasteiger partial charge >= 0.3 is 24.2 Å². The average molecular weight is 1240 g/mol. The fraction of sp³-hybridized carbons (Fsp3) is 0.478. The van der Waals surface area contributed by atoms with Crippen LogP contribution in [0, 0.1) is 17.8 Å². The minimum absolute atomic E-state index is 0.0414. The van der Waals surface area contributed by atoms with E-state index in [0.717, 1.165) is 22.3 Å². The van der Waals surface area contributed by atoms with Crippen LogP contribution in [0.2, 0.25) is 0 Å². The van der Waals surface area contributed by atoms with Crippen LogP contribution in [-0.2, 0) is 81.4 Å². The van der Waals surface area contributed by atoms with E-state index >= 15 is 0 Å². The molecule has 1 aliphatic carbocycles. The third kappa shape index (κ3) is 16.4. The van der Waals surface area contributed by atoms with E-state index < -0.39 is 134 Å². The van der Waals surface area contributed by atoms with Crippen molar-refractivity contribution in [2.75, 3.05) is 13.2 Å². The zero-order valence-corrected chi connectivity index (χ0v) is 51.3. The second-order valence-corrected chi connectivity index (χ2v) is 23.4. The summed E-state index contributed by atoms with van der Waals surface area (Å²) in [6.45, 7) is 13.6. The topological polar surface area (TPSA) is 245 Å². The van der Waals surface area contributed by atoms with Crippen LogP contribution in [0.4, 0.5) is 14.4 Å². The van der Waals surface area contributed by atoms with Crippen LogP contribution in [0.1, 0.15) is 92.8 Å². The van der Waals surface area contributed by atoms with Gasteiger partial charge in [0.05, 0.1) is 49.2 Å². The highest BCUT2D eigenvalue weighted by molar-refractivity contribution is 5.89. The standard InChI is InChI=1S/C69H83N3O18/c1-7-35-78-61-59(89-65-54(72-69(77)82-39-46-29-19-12-20-30-46)57(43(6)51(8-2)83-65)86-62(74)47-31-21-13-22-32-47)52(9-3)84-66(61)90-60-55(73)49(70-67(75)80-37-44-25-15-10-16-26-44)36-50(71-68(76)81-38-45-27-17-11-18-28-45)58(60)88-63-42(5)41(4)56-53(85-63)40-79-64(87-56)48-33-23-14-24-34-48/h7,10-34,41-43,49-61,63-66,73H,1,8-9,35-40H2,2-6H3,(H,70,75)(H,71,76)(H,72,77). The quantitative estimate of drug-likeness (QED) is 0.0270. The number of fused-ring (bicyclic) bond motifs is 1. The van der Waals surface area contributed by atoms with Crippen molar-refractivity contribution in [1.82, 2.24) is 16.0 Å². The molecular formula is C69H83N3O18. The minimum Gasteiger partial charge on any atom is -0.456 e. The summed E-state index contributed by atoms with van der Waals surface area (Å²) >= 11 is 0. The van der Waals surface area contributed by atoms with Crippen LogP contribution in [0.25, 0.3) is 0 Å². The van der Waals surface area contributed by atoms with Crippen molar-refractivity contribution < 1.29 is 85.9 Å². The van der Waals surface area contributed by atoms with E-state index in [1.165, 1.54) is 0 Å². The summed E-state index contributed by atoms with van der Waals surface area (Å²) in [6.07, 6.45) is -14.5. The van der Waals surface area contributed by atoms with E-state index in [1.807, 2.05) is 149 Å². The molecule has 21 heteroatoms. The lowest BCUT2D eigenvalue weighted by Crippen LogP contribution is -2.68. The molecule has 4 heterocycles. The van der Waals surface area contributed by atoms with Gasteiger partial charge in [0.15, 0.2) is 25.2 Å². The van der Waals surface area contributed by atoms with Crippen LogP contribution >= 0.6 is 0 Å². The minimum atomic E-state index is -1.59. The smallest absolute Gasteiger partial charge is 0.407 e. The average Bonchev–Trinajstić information content (AvgIpc) is 1.26. The van der Waals surface area contributed by atoms with Crippen molar-refractivity contribution in [2.45, 2.75) is 178 Å². The number of nitrogens with one attached hydrogen (secondary N) is 3. The van der Waals surface area contributed by atoms with Gasteiger partial charge in [0.2, 0.25) is 0 Å². The fourth-order valence-corrected chi connectivity index (χ4v) is 12.3. The van der Waals surface area contributed by atoms with Crippen molar-refractivity contribution in [3.8, 4) is 0 Å². The first-order valence-corrected chi connectivity index (χ1v) is 31.1. The molecule has 0 spiro atoms. The molecule has 5 aliphatic rings. The van der Waals surface area contributed by atoms with Crippen LogP contribution in [0.5, 0.6) is 0 Å². The Morgan fingerprint density at radius 3 is 1.62 bits per heavy atom. The number of alkyl carbamates (subject to hydrolysis) is 3. The summed E-state index contributed by atoms with van der Waals surface area (Å²) in [7, 11) is 0. The van der Waals surface area contributed by atoms with E-state index in [4.69, 9.17) is 61.6 Å². The molecular weight excluding hydrogens is 1160 g/mol. The predicted octanol–water partition coefficient (Wildman–Crippen LogP) is 9.61. The Morgan fingerprint density at radius 2 is 1.06 bits per heavy atom. The van der Waals surface area contributed by atoms with Crippen LogP contribution in [0.3, 0.4) is 0 Å². The van der Waals surface area contributed by atoms with E-state index in [9.17, 15) is 24.3 Å². The van der Waals surface area contributed by atoms with Gasteiger partial charge in [-0.2, -0.15) is 0 Å². The first-order chi connectivity index (χ1) is 43.8. The molecule has 0 radical (unpaired) electrons. The molecule has 4 N–H and O–H groups in total. The summed E-state index contributed by atoms with van der Waals surface area (Å²) in [5.41, 5.74) is 3.37. The maximum atomic E-state index is 14.2. The summed E-state index contributed by atoms with van der Waals surface area (Å²) in [5.74, 6) is -1.63. The molecule has 4 aliphatic heterocycles. The van der Waals surface area contributed by atoms with E-state index in [-0.39, 0.29) is 51.3 Å². The highest BCUT2D eigenvalue weighted by atomic mass is 16.8. The second-order valence-electron chi connectivity index (χ2n) is 23.4. The molecule has 20 atom stereocenters. The number of benzene rings is 5. The molecule has 90 heavy (non-hydrogen) atoms. The van der Waals surface area contributed by atoms with Crippen molar-refractivity contribution in [3.05, 3.63) is 192 Å². The van der Waals surface area contributed by atoms with Crippen molar-refractivity contribution >= 4 is 24.2 Å². The largest absolute Gasteiger partial charge is 0.456 e. The van der Waals surface area contributed by atoms with Gasteiger partial charge in [0.1, 0.15) is 68.6 Å². The van der Waals surface area contributed by atoms with Gasteiger partial charge in [0.25, 0.3) is 0 Å². The zero-order valence-electron chi connectivity index (χ0n) is 51.3. The van der Waals surface area contributed by atoms with Gasteiger partial charge in [-0.1, -0.05) is 180 Å². The highest BCUT2D eigenvalue weighted by Crippen LogP contribution is 2.43. The second kappa shape index (κ2) is 31.6. The predicted molar refractivity (Wildman–Crippen MR) is 326 cm³/mol. The summed E-state index contributed by atoms with van der Waals surface area (Å²) < 4.78 is 84.8. The number of hydrogen-bond donors (Lipinski definition) is 4. The molecule has 10 rings (SSSR count). The Kier molecular flexibility index (Phi) is 23.1. The lowest BCUT2D eigenvalue weighted by Gasteiger charge is -2.51. The van der Waals surface area contributed by atoms with E-state index in [2.05, 4.69) is 29.5 Å². The monoisotopic (exact) mass is 1240 g/mol. The van der Waals surface area contributed by atoms with Gasteiger partial charge in [-0.15, -0.1) is 6.58 Å². The number of amides is 3. The van der Waals surface area contributed by atoms with E-state index in [1.54, 1.807) is 36.4 Å². The number of rotatable bonds is 23. The third-order valence-electron chi connectivity index (χ3n) is 17.4. The van der Waals surface area contributed by atoms with Gasteiger partial charge in [-0.3, -0.25) is 0 Å². The summed E-state index contributed by atoms with van der Waals surface area (Å²) in [4.78, 5) is 56.1. The van der Waals surface area contributed by atoms with Gasteiger partial charge in [0, 0.05) is 17.4 Å². The van der Waals surface area contributed by atoms with Gasteiger partial charge in [-0.05, 0) is 54.0 Å². The molecule has 482 valence electrons. The van der Waals surface area contributed by atoms with Crippen molar-refractivity contribution in [2.24, 2.45) is 17.8 Å². The number of aliphatic hydroxyl groups is 1. The number of aliphatic hydroxyl groups excluding tert-OH is 1. The maximum Gasteiger partial charge on any atom is 0.407 e. The van der Waals surface area contributed by atoms with Crippen molar-refractivity contribution in [3.63, 3.8) is 0 Å². The molecule has 0 aromatic heterocycles. The Labute approximate surface area is 525 Å². The Bertz CT molecular complexity index is 3060. The molecule has 21 nitrogen and oxygen atoms in total. The molecule has 0 bridgehead atoms. The normalized spacial score (nSPS) is 32.2.